The van der Waals surface area contributed by atoms with Gasteiger partial charge < -0.3 is 0 Å². The highest BCUT2D eigenvalue weighted by atomic mass is 35.5. The molecular weight excluding hydrogens is 241 g/mol. The van der Waals surface area contributed by atoms with E-state index in [4.69, 9.17) is 23.2 Å². The van der Waals surface area contributed by atoms with E-state index in [1.807, 2.05) is 49.6 Å². The number of nitrogens with zero attached hydrogens (tertiary/aromatic N) is 1. The summed E-state index contributed by atoms with van der Waals surface area (Å²) in [5.41, 5.74) is 2.12. The van der Waals surface area contributed by atoms with Crippen molar-refractivity contribution in [2.45, 2.75) is 13.5 Å². The first kappa shape index (κ1) is 11.4. The third-order valence-corrected chi connectivity index (χ3v) is 3.36. The summed E-state index contributed by atoms with van der Waals surface area (Å²) in [5.74, 6) is 0. The zero-order valence-electron chi connectivity index (χ0n) is 8.95. The van der Waals surface area contributed by atoms with E-state index in [2.05, 4.69) is 4.57 Å². The Labute approximate surface area is 105 Å². The molecule has 2 rings (SSSR count). The fraction of sp³-hybridized carbons (Fsp3) is 0.154. The van der Waals surface area contributed by atoms with E-state index in [1.165, 1.54) is 0 Å². The lowest BCUT2D eigenvalue weighted by Crippen LogP contribution is -2.33. The van der Waals surface area contributed by atoms with Gasteiger partial charge in [0.2, 0.25) is 0 Å². The maximum atomic E-state index is 6.18. The number of hydrogen-bond donors (Lipinski definition) is 0. The maximum absolute atomic E-state index is 6.18. The SMILES string of the molecule is Cc1c(Cl)ccc(Cl)c1C[n+]1ccccc1. The van der Waals surface area contributed by atoms with Gasteiger partial charge in [-0.2, -0.15) is 0 Å². The van der Waals surface area contributed by atoms with Crippen LogP contribution in [0.3, 0.4) is 0 Å². The molecule has 2 aromatic rings. The Kier molecular flexibility index (Phi) is 3.47. The zero-order chi connectivity index (χ0) is 11.5. The second-order valence-corrected chi connectivity index (χ2v) is 4.49. The molecule has 1 aromatic heterocycles. The van der Waals surface area contributed by atoms with Crippen LogP contribution in [0.25, 0.3) is 0 Å². The van der Waals surface area contributed by atoms with Crippen LogP contribution in [0.2, 0.25) is 10.0 Å². The van der Waals surface area contributed by atoms with Gasteiger partial charge >= 0.3 is 0 Å². The molecule has 1 aromatic carbocycles. The van der Waals surface area contributed by atoms with E-state index < -0.39 is 0 Å². The fourth-order valence-corrected chi connectivity index (χ4v) is 2.05. The van der Waals surface area contributed by atoms with Crippen molar-refractivity contribution in [2.75, 3.05) is 0 Å². The molecule has 0 aliphatic carbocycles. The lowest BCUT2D eigenvalue weighted by atomic mass is 10.1. The lowest BCUT2D eigenvalue weighted by Gasteiger charge is -2.06. The monoisotopic (exact) mass is 252 g/mol. The van der Waals surface area contributed by atoms with E-state index in [0.29, 0.717) is 0 Å². The second-order valence-electron chi connectivity index (χ2n) is 3.68. The molecule has 0 atom stereocenters. The molecule has 0 saturated carbocycles. The summed E-state index contributed by atoms with van der Waals surface area (Å²) < 4.78 is 2.07. The first-order valence-electron chi connectivity index (χ1n) is 5.06. The maximum Gasteiger partial charge on any atom is 0.175 e. The van der Waals surface area contributed by atoms with Gasteiger partial charge in [-0.25, -0.2) is 4.57 Å². The Bertz CT molecular complexity index is 495. The molecule has 0 radical (unpaired) electrons. The average Bonchev–Trinajstić information content (AvgIpc) is 2.31. The summed E-state index contributed by atoms with van der Waals surface area (Å²) in [4.78, 5) is 0. The molecule has 3 heteroatoms. The predicted molar refractivity (Wildman–Crippen MR) is 66.9 cm³/mol. The third-order valence-electron chi connectivity index (χ3n) is 2.59. The van der Waals surface area contributed by atoms with Crippen LogP contribution in [-0.4, -0.2) is 0 Å². The molecule has 82 valence electrons. The van der Waals surface area contributed by atoms with Gasteiger partial charge in [0.15, 0.2) is 18.9 Å². The highest BCUT2D eigenvalue weighted by Crippen LogP contribution is 2.25. The summed E-state index contributed by atoms with van der Waals surface area (Å²) >= 11 is 12.3. The van der Waals surface area contributed by atoms with Crippen molar-refractivity contribution < 1.29 is 4.57 Å². The van der Waals surface area contributed by atoms with Gasteiger partial charge in [0.25, 0.3) is 0 Å². The van der Waals surface area contributed by atoms with Gasteiger partial charge in [-0.1, -0.05) is 29.3 Å². The molecule has 1 heterocycles. The van der Waals surface area contributed by atoms with Gasteiger partial charge in [0.1, 0.15) is 0 Å². The molecule has 0 aliphatic rings. The van der Waals surface area contributed by atoms with Gasteiger partial charge in [0.05, 0.1) is 5.02 Å². The highest BCUT2D eigenvalue weighted by molar-refractivity contribution is 6.34. The van der Waals surface area contributed by atoms with Crippen molar-refractivity contribution in [3.05, 3.63) is 63.9 Å². The van der Waals surface area contributed by atoms with Gasteiger partial charge in [-0.3, -0.25) is 0 Å². The van der Waals surface area contributed by atoms with Crippen LogP contribution in [0.15, 0.2) is 42.7 Å². The molecule has 0 saturated heterocycles. The topological polar surface area (TPSA) is 3.88 Å². The molecule has 0 aliphatic heterocycles. The van der Waals surface area contributed by atoms with Crippen molar-refractivity contribution in [3.63, 3.8) is 0 Å². The Morgan fingerprint density at radius 1 is 1.00 bits per heavy atom. The van der Waals surface area contributed by atoms with Crippen LogP contribution in [0.1, 0.15) is 11.1 Å². The second kappa shape index (κ2) is 4.86. The van der Waals surface area contributed by atoms with Crippen LogP contribution in [-0.2, 0) is 6.54 Å². The number of aromatic nitrogens is 1. The lowest BCUT2D eigenvalue weighted by molar-refractivity contribution is -0.688. The molecule has 0 fully saturated rings. The Balaban J connectivity index is 2.38. The van der Waals surface area contributed by atoms with Crippen LogP contribution in [0.5, 0.6) is 0 Å². The molecule has 0 unspecified atom stereocenters. The van der Waals surface area contributed by atoms with Crippen LogP contribution < -0.4 is 4.57 Å². The number of benzene rings is 1. The van der Waals surface area contributed by atoms with E-state index in [0.717, 1.165) is 27.7 Å². The first-order chi connectivity index (χ1) is 7.68. The van der Waals surface area contributed by atoms with Gasteiger partial charge in [-0.15, -0.1) is 0 Å². The van der Waals surface area contributed by atoms with E-state index in [1.54, 1.807) is 0 Å². The summed E-state index contributed by atoms with van der Waals surface area (Å²) in [6.45, 7) is 2.74. The van der Waals surface area contributed by atoms with Gasteiger partial charge in [0, 0.05) is 22.7 Å². The summed E-state index contributed by atoms with van der Waals surface area (Å²) in [6, 6.07) is 9.65. The summed E-state index contributed by atoms with van der Waals surface area (Å²) in [6.07, 6.45) is 4.02. The van der Waals surface area contributed by atoms with Gasteiger partial charge in [-0.05, 0) is 24.6 Å². The summed E-state index contributed by atoms with van der Waals surface area (Å²) in [5, 5.41) is 1.52. The molecule has 0 N–H and O–H groups in total. The minimum absolute atomic E-state index is 0.742. The number of rotatable bonds is 2. The van der Waals surface area contributed by atoms with Crippen LogP contribution in [0, 0.1) is 6.92 Å². The molecule has 0 bridgehead atoms. The summed E-state index contributed by atoms with van der Waals surface area (Å²) in [7, 11) is 0. The third kappa shape index (κ3) is 2.37. The van der Waals surface area contributed by atoms with Crippen LogP contribution >= 0.6 is 23.2 Å². The van der Waals surface area contributed by atoms with E-state index in [-0.39, 0.29) is 0 Å². The number of halogens is 2. The van der Waals surface area contributed by atoms with E-state index in [9.17, 15) is 0 Å². The largest absolute Gasteiger partial charge is 0.201 e. The van der Waals surface area contributed by atoms with Crippen molar-refractivity contribution in [1.29, 1.82) is 0 Å². The smallest absolute Gasteiger partial charge is 0.175 e. The minimum Gasteiger partial charge on any atom is -0.201 e. The van der Waals surface area contributed by atoms with Crippen LogP contribution in [0.4, 0.5) is 0 Å². The fourth-order valence-electron chi connectivity index (χ4n) is 1.61. The molecule has 0 amide bonds. The standard InChI is InChI=1S/C13H12Cl2N/c1-10-11(13(15)6-5-12(10)14)9-16-7-3-2-4-8-16/h2-8H,9H2,1H3/q+1. The Hall–Kier alpha value is -1.05. The van der Waals surface area contributed by atoms with Crippen molar-refractivity contribution in [2.24, 2.45) is 0 Å². The normalized spacial score (nSPS) is 10.4. The number of hydrogen-bond acceptors (Lipinski definition) is 0. The van der Waals surface area contributed by atoms with E-state index >= 15 is 0 Å². The molecule has 0 spiro atoms. The zero-order valence-corrected chi connectivity index (χ0v) is 10.5. The Morgan fingerprint density at radius 2 is 1.62 bits per heavy atom. The predicted octanol–water partition coefficient (Wildman–Crippen LogP) is 3.64. The van der Waals surface area contributed by atoms with Crippen molar-refractivity contribution in [1.82, 2.24) is 0 Å². The molecular formula is C13H12Cl2N+. The Morgan fingerprint density at radius 3 is 2.31 bits per heavy atom. The number of pyridine rings is 1. The quantitative estimate of drug-likeness (QED) is 0.719. The first-order valence-corrected chi connectivity index (χ1v) is 5.81. The highest BCUT2D eigenvalue weighted by Gasteiger charge is 2.11. The minimum atomic E-state index is 0.742. The van der Waals surface area contributed by atoms with Crippen molar-refractivity contribution in [3.8, 4) is 0 Å². The average molecular weight is 253 g/mol. The van der Waals surface area contributed by atoms with Crippen molar-refractivity contribution >= 4 is 23.2 Å². The molecule has 1 nitrogen and oxygen atoms in total. The molecule has 16 heavy (non-hydrogen) atoms.